The van der Waals surface area contributed by atoms with E-state index in [9.17, 15) is 5.21 Å². The Hall–Kier alpha value is -2.49. The molecule has 0 radical (unpaired) electrons. The first-order chi connectivity index (χ1) is 8.15. The Morgan fingerprint density at radius 3 is 1.82 bits per heavy atom. The van der Waals surface area contributed by atoms with E-state index >= 15 is 0 Å². The number of phenols is 2. The number of hydrogen-bond donors (Lipinski definition) is 2. The summed E-state index contributed by atoms with van der Waals surface area (Å²) in [5.41, 5.74) is 1.11. The van der Waals surface area contributed by atoms with E-state index in [1.807, 2.05) is 0 Å². The smallest absolute Gasteiger partial charge is 0.216 e. The molecule has 4 nitrogen and oxygen atoms in total. The van der Waals surface area contributed by atoms with Crippen molar-refractivity contribution in [2.24, 2.45) is 0 Å². The molecule has 0 heterocycles. The number of hydrogen-bond acceptors (Lipinski definition) is 3. The van der Waals surface area contributed by atoms with E-state index in [1.165, 1.54) is 42.6 Å². The maximum atomic E-state index is 11.7. The molecular weight excluding hydrogens is 218 g/mol. The summed E-state index contributed by atoms with van der Waals surface area (Å²) in [6, 6.07) is 12.3. The van der Waals surface area contributed by atoms with E-state index in [-0.39, 0.29) is 11.5 Å². The van der Waals surface area contributed by atoms with Gasteiger partial charge in [0.15, 0.2) is 6.21 Å². The predicted molar refractivity (Wildman–Crippen MR) is 64.7 cm³/mol. The van der Waals surface area contributed by atoms with Crippen molar-refractivity contribution in [3.8, 4) is 11.5 Å². The number of phenolic OH excluding ortho intramolecular Hbond substituents is 2. The van der Waals surface area contributed by atoms with Crippen molar-refractivity contribution >= 4 is 11.9 Å². The monoisotopic (exact) mass is 229 g/mol. The molecule has 0 aliphatic heterocycles. The summed E-state index contributed by atoms with van der Waals surface area (Å²) in [4.78, 5) is 0. The molecule has 0 amide bonds. The zero-order valence-electron chi connectivity index (χ0n) is 8.95. The van der Waals surface area contributed by atoms with Crippen molar-refractivity contribution in [2.75, 3.05) is 0 Å². The standard InChI is InChI=1S/C13H11NO3/c15-12-5-1-10(2-6-12)9-14(17)11-3-7-13(16)8-4-11/h1-9,15-16H. The van der Waals surface area contributed by atoms with Crippen LogP contribution in [0.5, 0.6) is 11.5 Å². The van der Waals surface area contributed by atoms with Crippen LogP contribution in [-0.2, 0) is 0 Å². The Morgan fingerprint density at radius 1 is 0.824 bits per heavy atom. The lowest BCUT2D eigenvalue weighted by Crippen LogP contribution is -1.98. The molecule has 2 aromatic carbocycles. The van der Waals surface area contributed by atoms with Crippen LogP contribution in [0.1, 0.15) is 5.56 Å². The van der Waals surface area contributed by atoms with E-state index in [0.717, 1.165) is 0 Å². The van der Waals surface area contributed by atoms with Gasteiger partial charge in [-0.2, -0.15) is 4.74 Å². The summed E-state index contributed by atoms with van der Waals surface area (Å²) in [6.07, 6.45) is 1.39. The fourth-order valence-corrected chi connectivity index (χ4v) is 1.37. The van der Waals surface area contributed by atoms with Gasteiger partial charge in [0, 0.05) is 17.7 Å². The second-order valence-corrected chi connectivity index (χ2v) is 3.56. The second-order valence-electron chi connectivity index (χ2n) is 3.56. The Morgan fingerprint density at radius 2 is 1.29 bits per heavy atom. The fraction of sp³-hybridized carbons (Fsp3) is 0. The Labute approximate surface area is 98.3 Å². The third kappa shape index (κ3) is 2.75. The second kappa shape index (κ2) is 4.57. The number of rotatable bonds is 2. The van der Waals surface area contributed by atoms with Gasteiger partial charge in [0.1, 0.15) is 11.5 Å². The molecule has 0 saturated heterocycles. The zero-order valence-corrected chi connectivity index (χ0v) is 8.95. The van der Waals surface area contributed by atoms with E-state index in [2.05, 4.69) is 0 Å². The number of aromatic hydroxyl groups is 2. The highest BCUT2D eigenvalue weighted by Gasteiger charge is 2.01. The fourth-order valence-electron chi connectivity index (χ4n) is 1.37. The van der Waals surface area contributed by atoms with E-state index in [0.29, 0.717) is 16.0 Å². The minimum Gasteiger partial charge on any atom is -0.618 e. The van der Waals surface area contributed by atoms with Gasteiger partial charge < -0.3 is 15.4 Å². The Bertz CT molecular complexity index is 530. The maximum Gasteiger partial charge on any atom is 0.216 e. The molecular formula is C13H11NO3. The van der Waals surface area contributed by atoms with Crippen molar-refractivity contribution in [3.63, 3.8) is 0 Å². The first-order valence-corrected chi connectivity index (χ1v) is 5.04. The molecule has 0 aliphatic carbocycles. The lowest BCUT2D eigenvalue weighted by Gasteiger charge is -2.02. The maximum absolute atomic E-state index is 11.7. The third-order valence-electron chi connectivity index (χ3n) is 2.26. The van der Waals surface area contributed by atoms with Crippen LogP contribution in [0, 0.1) is 5.21 Å². The third-order valence-corrected chi connectivity index (χ3v) is 2.26. The van der Waals surface area contributed by atoms with Crippen LogP contribution in [-0.4, -0.2) is 21.2 Å². The average molecular weight is 229 g/mol. The van der Waals surface area contributed by atoms with Gasteiger partial charge in [-0.3, -0.25) is 0 Å². The van der Waals surface area contributed by atoms with Crippen LogP contribution in [0.15, 0.2) is 48.5 Å². The molecule has 0 bridgehead atoms. The predicted octanol–water partition coefficient (Wildman–Crippen LogP) is 2.36. The van der Waals surface area contributed by atoms with Gasteiger partial charge in [-0.15, -0.1) is 0 Å². The SMILES string of the molecule is [O-][N+](=Cc1ccc(O)cc1)c1ccc(O)cc1. The molecule has 0 saturated carbocycles. The first kappa shape index (κ1) is 11.0. The number of nitrogens with zero attached hydrogens (tertiary/aromatic N) is 1. The summed E-state index contributed by atoms with van der Waals surface area (Å²) in [5, 5.41) is 29.9. The van der Waals surface area contributed by atoms with E-state index in [4.69, 9.17) is 10.2 Å². The van der Waals surface area contributed by atoms with Crippen molar-refractivity contribution in [1.82, 2.24) is 0 Å². The van der Waals surface area contributed by atoms with E-state index < -0.39 is 0 Å². The Balaban J connectivity index is 2.27. The minimum atomic E-state index is 0.117. The van der Waals surface area contributed by atoms with Crippen molar-refractivity contribution in [2.45, 2.75) is 0 Å². The number of benzene rings is 2. The summed E-state index contributed by atoms with van der Waals surface area (Å²) >= 11 is 0. The molecule has 0 aromatic heterocycles. The molecule has 4 heteroatoms. The minimum absolute atomic E-state index is 0.117. The summed E-state index contributed by atoms with van der Waals surface area (Å²) in [6.45, 7) is 0. The van der Waals surface area contributed by atoms with Crippen molar-refractivity contribution in [1.29, 1.82) is 0 Å². The van der Waals surface area contributed by atoms with E-state index in [1.54, 1.807) is 12.1 Å². The Kier molecular flexibility index (Phi) is 2.96. The van der Waals surface area contributed by atoms with Gasteiger partial charge in [0.25, 0.3) is 0 Å². The van der Waals surface area contributed by atoms with Crippen molar-refractivity contribution in [3.05, 3.63) is 59.3 Å². The molecule has 0 aliphatic rings. The highest BCUT2D eigenvalue weighted by atomic mass is 16.5. The molecule has 2 rings (SSSR count). The highest BCUT2D eigenvalue weighted by Crippen LogP contribution is 2.16. The highest BCUT2D eigenvalue weighted by molar-refractivity contribution is 5.76. The summed E-state index contributed by atoms with van der Waals surface area (Å²) in [5.74, 6) is 0.274. The molecule has 0 atom stereocenters. The molecule has 2 aromatic rings. The van der Waals surface area contributed by atoms with Crippen LogP contribution in [0.4, 0.5) is 5.69 Å². The molecule has 86 valence electrons. The van der Waals surface area contributed by atoms with Gasteiger partial charge in [0.05, 0.1) is 0 Å². The molecule has 0 fully saturated rings. The lowest BCUT2D eigenvalue weighted by molar-refractivity contribution is -0.354. The molecule has 17 heavy (non-hydrogen) atoms. The topological polar surface area (TPSA) is 66.5 Å². The van der Waals surface area contributed by atoms with Crippen LogP contribution in [0.3, 0.4) is 0 Å². The molecule has 2 N–H and O–H groups in total. The van der Waals surface area contributed by atoms with Gasteiger partial charge in [-0.05, 0) is 36.4 Å². The molecule has 0 unspecified atom stereocenters. The van der Waals surface area contributed by atoms with Crippen LogP contribution in [0.2, 0.25) is 0 Å². The molecule has 0 spiro atoms. The summed E-state index contributed by atoms with van der Waals surface area (Å²) < 4.78 is 0.700. The van der Waals surface area contributed by atoms with Crippen LogP contribution in [0.25, 0.3) is 0 Å². The van der Waals surface area contributed by atoms with Crippen LogP contribution < -0.4 is 0 Å². The largest absolute Gasteiger partial charge is 0.618 e. The van der Waals surface area contributed by atoms with Gasteiger partial charge >= 0.3 is 0 Å². The van der Waals surface area contributed by atoms with Crippen molar-refractivity contribution < 1.29 is 15.0 Å². The normalized spacial score (nSPS) is 11.4. The first-order valence-electron chi connectivity index (χ1n) is 5.04. The lowest BCUT2D eigenvalue weighted by atomic mass is 10.2. The quantitative estimate of drug-likeness (QED) is 0.359. The average Bonchev–Trinajstić information content (AvgIpc) is 2.33. The van der Waals surface area contributed by atoms with Gasteiger partial charge in [-0.1, -0.05) is 0 Å². The zero-order chi connectivity index (χ0) is 12.3. The summed E-state index contributed by atoms with van der Waals surface area (Å²) in [7, 11) is 0. The van der Waals surface area contributed by atoms with Gasteiger partial charge in [-0.25, -0.2) is 0 Å². The van der Waals surface area contributed by atoms with Crippen LogP contribution >= 0.6 is 0 Å². The van der Waals surface area contributed by atoms with Gasteiger partial charge in [0.2, 0.25) is 5.69 Å².